The lowest BCUT2D eigenvalue weighted by molar-refractivity contribution is 0.588. The van der Waals surface area contributed by atoms with Crippen molar-refractivity contribution in [3.8, 4) is 0 Å². The summed E-state index contributed by atoms with van der Waals surface area (Å²) in [7, 11) is 3.55. The fourth-order valence-corrected chi connectivity index (χ4v) is 2.64. The van der Waals surface area contributed by atoms with Gasteiger partial charge in [0.2, 0.25) is 0 Å². The normalized spacial score (nSPS) is 15.6. The largest absolute Gasteiger partial charge is 0.349 e. The highest BCUT2D eigenvalue weighted by Gasteiger charge is 2.28. The van der Waals surface area contributed by atoms with Crippen molar-refractivity contribution in [2.24, 2.45) is 12.8 Å². The lowest BCUT2D eigenvalue weighted by Gasteiger charge is -2.20. The smallest absolute Gasteiger partial charge is 0.329 e. The Morgan fingerprint density at radius 2 is 2.00 bits per heavy atom. The van der Waals surface area contributed by atoms with Crippen LogP contribution < -0.4 is 26.8 Å². The molecule has 1 aromatic rings. The van der Waals surface area contributed by atoms with E-state index in [0.29, 0.717) is 18.2 Å². The van der Waals surface area contributed by atoms with Crippen LogP contribution in [0.2, 0.25) is 0 Å². The second kappa shape index (κ2) is 5.70. The van der Waals surface area contributed by atoms with Gasteiger partial charge in [-0.25, -0.2) is 4.79 Å². The number of aromatic amines is 1. The summed E-state index contributed by atoms with van der Waals surface area (Å²) in [6.07, 6.45) is 3.03. The van der Waals surface area contributed by atoms with Crippen molar-refractivity contribution in [2.75, 3.05) is 30.1 Å². The van der Waals surface area contributed by atoms with E-state index in [0.717, 1.165) is 25.8 Å². The van der Waals surface area contributed by atoms with E-state index in [1.165, 1.54) is 4.57 Å². The van der Waals surface area contributed by atoms with Crippen molar-refractivity contribution >= 4 is 11.5 Å². The fraction of sp³-hybridized carbons (Fsp3) is 0.692. The second-order valence-electron chi connectivity index (χ2n) is 5.57. The van der Waals surface area contributed by atoms with Gasteiger partial charge in [-0.1, -0.05) is 6.42 Å². The lowest BCUT2D eigenvalue weighted by atomic mass is 10.1. The van der Waals surface area contributed by atoms with Gasteiger partial charge >= 0.3 is 5.69 Å². The Hall–Kier alpha value is -1.76. The van der Waals surface area contributed by atoms with E-state index < -0.39 is 0 Å². The molecule has 1 atom stereocenters. The molecule has 0 fully saturated rings. The first-order valence-electron chi connectivity index (χ1n) is 6.96. The highest BCUT2D eigenvalue weighted by molar-refractivity contribution is 5.71. The van der Waals surface area contributed by atoms with E-state index in [1.54, 1.807) is 7.05 Å². The number of nitrogens with zero attached hydrogens (tertiary/aromatic N) is 3. The highest BCUT2D eigenvalue weighted by atomic mass is 16.2. The average Bonchev–Trinajstić information content (AvgIpc) is 2.69. The topological polar surface area (TPSA) is 87.4 Å². The molecule has 0 radical (unpaired) electrons. The highest BCUT2D eigenvalue weighted by Crippen LogP contribution is 2.29. The molecule has 0 bridgehead atoms. The molecule has 0 amide bonds. The van der Waals surface area contributed by atoms with Crippen LogP contribution in [-0.2, 0) is 7.05 Å². The maximum absolute atomic E-state index is 11.9. The van der Waals surface area contributed by atoms with Crippen LogP contribution in [0.15, 0.2) is 9.59 Å². The number of nitrogens with one attached hydrogen (secondary N) is 1. The van der Waals surface area contributed by atoms with E-state index in [4.69, 9.17) is 5.73 Å². The first-order valence-corrected chi connectivity index (χ1v) is 6.96. The van der Waals surface area contributed by atoms with E-state index in [9.17, 15) is 9.59 Å². The van der Waals surface area contributed by atoms with Gasteiger partial charge in [0.1, 0.15) is 11.5 Å². The number of nitrogens with two attached hydrogens (primary N) is 1. The molecule has 0 saturated carbocycles. The van der Waals surface area contributed by atoms with Gasteiger partial charge in [0.15, 0.2) is 0 Å². The predicted octanol–water partition coefficient (Wildman–Crippen LogP) is -0.195. The summed E-state index contributed by atoms with van der Waals surface area (Å²) in [5, 5.41) is 0. The summed E-state index contributed by atoms with van der Waals surface area (Å²) in [5.41, 5.74) is 5.62. The molecule has 0 aliphatic carbocycles. The van der Waals surface area contributed by atoms with Crippen molar-refractivity contribution in [3.63, 3.8) is 0 Å². The molecule has 1 aliphatic rings. The molecule has 7 heteroatoms. The summed E-state index contributed by atoms with van der Waals surface area (Å²) in [6.45, 7) is 3.46. The van der Waals surface area contributed by atoms with E-state index in [2.05, 4.69) is 9.88 Å². The second-order valence-corrected chi connectivity index (χ2v) is 5.57. The van der Waals surface area contributed by atoms with Gasteiger partial charge in [-0.2, -0.15) is 0 Å². The van der Waals surface area contributed by atoms with Gasteiger partial charge < -0.3 is 15.5 Å². The van der Waals surface area contributed by atoms with Gasteiger partial charge in [-0.15, -0.1) is 0 Å². The molecule has 112 valence electrons. The number of hydrogen-bond donors (Lipinski definition) is 2. The molecular formula is C13H23N5O2. The Morgan fingerprint density at radius 1 is 1.30 bits per heavy atom. The zero-order valence-electron chi connectivity index (χ0n) is 12.3. The minimum Gasteiger partial charge on any atom is -0.349 e. The molecule has 2 rings (SSSR count). The van der Waals surface area contributed by atoms with Crippen LogP contribution in [0, 0.1) is 0 Å². The van der Waals surface area contributed by atoms with Crippen LogP contribution in [0.1, 0.15) is 26.2 Å². The molecule has 1 unspecified atom stereocenters. The van der Waals surface area contributed by atoms with Crippen molar-refractivity contribution in [3.05, 3.63) is 20.8 Å². The van der Waals surface area contributed by atoms with Crippen LogP contribution in [0.25, 0.3) is 0 Å². The summed E-state index contributed by atoms with van der Waals surface area (Å²) in [5.74, 6) is 0.710. The summed E-state index contributed by atoms with van der Waals surface area (Å²) < 4.78 is 1.51. The van der Waals surface area contributed by atoms with E-state index in [-0.39, 0.29) is 17.3 Å². The monoisotopic (exact) mass is 281 g/mol. The molecule has 20 heavy (non-hydrogen) atoms. The van der Waals surface area contributed by atoms with Gasteiger partial charge in [-0.05, 0) is 19.8 Å². The predicted molar refractivity (Wildman–Crippen MR) is 80.4 cm³/mol. The molecule has 3 N–H and O–H groups in total. The molecule has 2 heterocycles. The minimum atomic E-state index is -0.371. The third kappa shape index (κ3) is 2.72. The molecular weight excluding hydrogens is 258 g/mol. The zero-order chi connectivity index (χ0) is 14.9. The molecule has 1 aliphatic heterocycles. The molecule has 0 aromatic carbocycles. The Morgan fingerprint density at radius 3 is 2.65 bits per heavy atom. The summed E-state index contributed by atoms with van der Waals surface area (Å²) in [6, 6.07) is 0.218. The third-order valence-electron chi connectivity index (χ3n) is 3.67. The fourth-order valence-electron chi connectivity index (χ4n) is 2.64. The first kappa shape index (κ1) is 14.6. The zero-order valence-corrected chi connectivity index (χ0v) is 12.3. The summed E-state index contributed by atoms with van der Waals surface area (Å²) >= 11 is 0. The van der Waals surface area contributed by atoms with E-state index >= 15 is 0 Å². The SMILES string of the molecule is CC(N)CCCCN1CN(C)c2c1n(C)c(=O)[nH]c2=O. The maximum atomic E-state index is 11.9. The molecule has 0 saturated heterocycles. The Labute approximate surface area is 118 Å². The Kier molecular flexibility index (Phi) is 4.17. The van der Waals surface area contributed by atoms with Gasteiger partial charge in [0.25, 0.3) is 5.56 Å². The number of rotatable bonds is 5. The number of H-pyrrole nitrogens is 1. The number of unbranched alkanes of at least 4 members (excludes halogenated alkanes) is 1. The number of hydrogen-bond acceptors (Lipinski definition) is 5. The van der Waals surface area contributed by atoms with Gasteiger partial charge in [-0.3, -0.25) is 14.3 Å². The Balaban J connectivity index is 2.17. The number of fused-ring (bicyclic) bond motifs is 1. The van der Waals surface area contributed by atoms with Crippen LogP contribution in [-0.4, -0.2) is 35.9 Å². The summed E-state index contributed by atoms with van der Waals surface area (Å²) in [4.78, 5) is 29.9. The van der Waals surface area contributed by atoms with Crippen LogP contribution in [0.3, 0.4) is 0 Å². The van der Waals surface area contributed by atoms with Crippen LogP contribution in [0.4, 0.5) is 11.5 Å². The molecule has 7 nitrogen and oxygen atoms in total. The van der Waals surface area contributed by atoms with Crippen molar-refractivity contribution in [1.29, 1.82) is 0 Å². The van der Waals surface area contributed by atoms with Gasteiger partial charge in [0, 0.05) is 26.7 Å². The van der Waals surface area contributed by atoms with Crippen LogP contribution in [0.5, 0.6) is 0 Å². The van der Waals surface area contributed by atoms with Crippen molar-refractivity contribution in [1.82, 2.24) is 9.55 Å². The molecule has 0 spiro atoms. The minimum absolute atomic E-state index is 0.218. The first-order chi connectivity index (χ1) is 9.41. The molecule has 1 aromatic heterocycles. The number of anilines is 2. The quantitative estimate of drug-likeness (QED) is 0.730. The number of aromatic nitrogens is 2. The van der Waals surface area contributed by atoms with Crippen LogP contribution >= 0.6 is 0 Å². The van der Waals surface area contributed by atoms with Crippen molar-refractivity contribution in [2.45, 2.75) is 32.2 Å². The standard InChI is InChI=1S/C13H23N5O2/c1-9(14)6-4-5-7-18-8-16(2)10-11(19)15-13(20)17(3)12(10)18/h9H,4-8,14H2,1-3H3,(H,15,19,20). The maximum Gasteiger partial charge on any atom is 0.329 e. The van der Waals surface area contributed by atoms with E-state index in [1.807, 2.05) is 18.9 Å². The lowest BCUT2D eigenvalue weighted by Crippen LogP contribution is -2.32. The third-order valence-corrected chi connectivity index (χ3v) is 3.67. The average molecular weight is 281 g/mol. The van der Waals surface area contributed by atoms with Crippen molar-refractivity contribution < 1.29 is 0 Å². The Bertz CT molecular complexity index is 589. The van der Waals surface area contributed by atoms with Gasteiger partial charge in [0.05, 0.1) is 6.67 Å².